The molecule has 0 unspecified atom stereocenters. The molecule has 3 aromatic heterocycles. The SMILES string of the molecule is CSN1CC(Nc2nc(-c3c[nH]c4ncccc34)ncc2F)(C(=O)NCC(F)(F)F)C1. The number of halogens is 4. The highest BCUT2D eigenvalue weighted by molar-refractivity contribution is 7.96. The Kier molecular flexibility index (Phi) is 5.47. The molecule has 164 valence electrons. The first-order valence-electron chi connectivity index (χ1n) is 9.08. The maximum atomic E-state index is 14.5. The van der Waals surface area contributed by atoms with Gasteiger partial charge in [0.1, 0.15) is 17.7 Å². The molecule has 0 aliphatic carbocycles. The lowest BCUT2D eigenvalue weighted by atomic mass is 9.91. The molecule has 1 aliphatic rings. The van der Waals surface area contributed by atoms with Crippen LogP contribution in [0.2, 0.25) is 0 Å². The summed E-state index contributed by atoms with van der Waals surface area (Å²) in [6.45, 7) is -1.32. The van der Waals surface area contributed by atoms with Crippen molar-refractivity contribution in [2.24, 2.45) is 0 Å². The van der Waals surface area contributed by atoms with Gasteiger partial charge in [0.05, 0.1) is 6.20 Å². The number of pyridine rings is 1. The van der Waals surface area contributed by atoms with E-state index in [2.05, 4.69) is 25.3 Å². The Labute approximate surface area is 178 Å². The number of anilines is 1. The van der Waals surface area contributed by atoms with Crippen molar-refractivity contribution in [3.8, 4) is 11.4 Å². The van der Waals surface area contributed by atoms with Crippen molar-refractivity contribution in [2.45, 2.75) is 11.7 Å². The van der Waals surface area contributed by atoms with Gasteiger partial charge in [0.2, 0.25) is 5.91 Å². The van der Waals surface area contributed by atoms with E-state index in [0.29, 0.717) is 11.2 Å². The molecule has 3 aromatic rings. The zero-order valence-electron chi connectivity index (χ0n) is 16.1. The molecule has 3 N–H and O–H groups in total. The third-order valence-corrected chi connectivity index (χ3v) is 5.60. The van der Waals surface area contributed by atoms with Gasteiger partial charge < -0.3 is 15.6 Å². The summed E-state index contributed by atoms with van der Waals surface area (Å²) in [7, 11) is 0. The summed E-state index contributed by atoms with van der Waals surface area (Å²) in [4.78, 5) is 27.9. The molecule has 0 atom stereocenters. The molecule has 8 nitrogen and oxygen atoms in total. The molecule has 1 aliphatic heterocycles. The highest BCUT2D eigenvalue weighted by Gasteiger charge is 2.50. The number of carbonyl (C=O) groups is 1. The van der Waals surface area contributed by atoms with Crippen LogP contribution in [0.3, 0.4) is 0 Å². The summed E-state index contributed by atoms with van der Waals surface area (Å²) < 4.78 is 53.9. The molecule has 0 radical (unpaired) electrons. The minimum atomic E-state index is -4.56. The fourth-order valence-electron chi connectivity index (χ4n) is 3.27. The fraction of sp³-hybridized carbons (Fsp3) is 0.333. The van der Waals surface area contributed by atoms with Crippen molar-refractivity contribution in [1.82, 2.24) is 29.6 Å². The fourth-order valence-corrected chi connectivity index (χ4v) is 3.97. The predicted molar refractivity (Wildman–Crippen MR) is 108 cm³/mol. The summed E-state index contributed by atoms with van der Waals surface area (Å²) in [5, 5.41) is 5.32. The van der Waals surface area contributed by atoms with Crippen molar-refractivity contribution in [1.29, 1.82) is 0 Å². The molecule has 4 heterocycles. The van der Waals surface area contributed by atoms with Crippen LogP contribution in [-0.4, -0.2) is 67.8 Å². The van der Waals surface area contributed by atoms with Gasteiger partial charge >= 0.3 is 6.18 Å². The minimum Gasteiger partial charge on any atom is -0.351 e. The van der Waals surface area contributed by atoms with Crippen LogP contribution in [0, 0.1) is 5.82 Å². The number of H-pyrrole nitrogens is 1. The quantitative estimate of drug-likeness (QED) is 0.388. The van der Waals surface area contributed by atoms with Crippen LogP contribution in [0.25, 0.3) is 22.4 Å². The predicted octanol–water partition coefficient (Wildman–Crippen LogP) is 2.58. The summed E-state index contributed by atoms with van der Waals surface area (Å²) in [5.74, 6) is -1.81. The summed E-state index contributed by atoms with van der Waals surface area (Å²) in [5.41, 5.74) is -0.290. The Bertz CT molecular complexity index is 1110. The number of carbonyl (C=O) groups excluding carboxylic acids is 1. The topological polar surface area (TPSA) is 98.8 Å². The Balaban J connectivity index is 1.63. The van der Waals surface area contributed by atoms with Gasteiger partial charge in [-0.05, 0) is 18.4 Å². The minimum absolute atomic E-state index is 0.0770. The van der Waals surface area contributed by atoms with Crippen LogP contribution >= 0.6 is 11.9 Å². The Morgan fingerprint density at radius 2 is 2.13 bits per heavy atom. The van der Waals surface area contributed by atoms with E-state index in [1.54, 1.807) is 35.1 Å². The smallest absolute Gasteiger partial charge is 0.351 e. The second kappa shape index (κ2) is 7.96. The lowest BCUT2D eigenvalue weighted by Crippen LogP contribution is -2.71. The number of aromatic nitrogens is 4. The summed E-state index contributed by atoms with van der Waals surface area (Å²) in [6, 6.07) is 3.52. The summed E-state index contributed by atoms with van der Waals surface area (Å²) in [6.07, 6.45) is 1.40. The molecular formula is C18H17F4N7OS. The maximum absolute atomic E-state index is 14.5. The number of amides is 1. The second-order valence-electron chi connectivity index (χ2n) is 6.98. The van der Waals surface area contributed by atoms with Crippen LogP contribution < -0.4 is 10.6 Å². The first-order chi connectivity index (χ1) is 14.7. The van der Waals surface area contributed by atoms with Crippen molar-refractivity contribution in [3.05, 3.63) is 36.5 Å². The van der Waals surface area contributed by atoms with E-state index in [1.807, 2.05) is 5.32 Å². The Morgan fingerprint density at radius 1 is 1.35 bits per heavy atom. The Morgan fingerprint density at radius 3 is 2.84 bits per heavy atom. The van der Waals surface area contributed by atoms with Gasteiger partial charge in [-0.1, -0.05) is 11.9 Å². The number of aromatic amines is 1. The second-order valence-corrected chi connectivity index (χ2v) is 7.86. The van der Waals surface area contributed by atoms with E-state index in [1.165, 1.54) is 11.9 Å². The van der Waals surface area contributed by atoms with Gasteiger partial charge in [0.15, 0.2) is 17.5 Å². The number of nitrogens with zero attached hydrogens (tertiary/aromatic N) is 4. The van der Waals surface area contributed by atoms with Gasteiger partial charge in [-0.3, -0.25) is 4.79 Å². The molecular weight excluding hydrogens is 438 g/mol. The standard InChI is InChI=1S/C18H17F4N7OS/c1-31-29-8-17(9-29,16(30)26-7-18(20,21)22)28-15-12(19)6-25-14(27-15)11-5-24-13-10(11)3-2-4-23-13/h2-6H,7-9H2,1H3,(H,23,24)(H,26,30)(H,25,27,28). The van der Waals surface area contributed by atoms with Crippen LogP contribution in [0.1, 0.15) is 0 Å². The third-order valence-electron chi connectivity index (χ3n) is 4.83. The lowest BCUT2D eigenvalue weighted by molar-refractivity contribution is -0.143. The molecule has 31 heavy (non-hydrogen) atoms. The van der Waals surface area contributed by atoms with Crippen LogP contribution in [0.5, 0.6) is 0 Å². The maximum Gasteiger partial charge on any atom is 0.405 e. The monoisotopic (exact) mass is 455 g/mol. The number of hydrogen-bond acceptors (Lipinski definition) is 7. The Hall–Kier alpha value is -2.93. The summed E-state index contributed by atoms with van der Waals surface area (Å²) >= 11 is 1.33. The van der Waals surface area contributed by atoms with Crippen molar-refractivity contribution in [2.75, 3.05) is 31.2 Å². The molecule has 4 rings (SSSR count). The van der Waals surface area contributed by atoms with Crippen LogP contribution in [0.15, 0.2) is 30.7 Å². The number of rotatable bonds is 6. The first-order valence-corrected chi connectivity index (χ1v) is 10.3. The van der Waals surface area contributed by atoms with Gasteiger partial charge in [-0.25, -0.2) is 23.6 Å². The zero-order valence-corrected chi connectivity index (χ0v) is 16.9. The van der Waals surface area contributed by atoms with Gasteiger partial charge in [-0.2, -0.15) is 13.2 Å². The van der Waals surface area contributed by atoms with Gasteiger partial charge in [0.25, 0.3) is 0 Å². The molecule has 1 saturated heterocycles. The average molecular weight is 455 g/mol. The molecule has 1 fully saturated rings. The van der Waals surface area contributed by atoms with Crippen molar-refractivity contribution >= 4 is 34.7 Å². The zero-order chi connectivity index (χ0) is 22.2. The molecule has 0 aromatic carbocycles. The highest BCUT2D eigenvalue weighted by Crippen LogP contribution is 2.32. The number of hydrogen-bond donors (Lipinski definition) is 3. The largest absolute Gasteiger partial charge is 0.405 e. The number of nitrogens with one attached hydrogen (secondary N) is 3. The van der Waals surface area contributed by atoms with Crippen LogP contribution in [-0.2, 0) is 4.79 Å². The molecule has 0 spiro atoms. The highest BCUT2D eigenvalue weighted by atomic mass is 32.2. The van der Waals surface area contributed by atoms with E-state index in [4.69, 9.17) is 0 Å². The van der Waals surface area contributed by atoms with E-state index < -0.39 is 30.0 Å². The lowest BCUT2D eigenvalue weighted by Gasteiger charge is -2.48. The van der Waals surface area contributed by atoms with Gasteiger partial charge in [-0.15, -0.1) is 0 Å². The molecule has 1 amide bonds. The molecule has 0 bridgehead atoms. The third kappa shape index (κ3) is 4.28. The number of fused-ring (bicyclic) bond motifs is 1. The van der Waals surface area contributed by atoms with E-state index in [-0.39, 0.29) is 24.7 Å². The van der Waals surface area contributed by atoms with E-state index in [0.717, 1.165) is 11.6 Å². The van der Waals surface area contributed by atoms with E-state index in [9.17, 15) is 22.4 Å². The first kappa shape index (κ1) is 21.3. The molecule has 13 heteroatoms. The van der Waals surface area contributed by atoms with Gasteiger partial charge in [0, 0.05) is 36.4 Å². The van der Waals surface area contributed by atoms with Crippen molar-refractivity contribution in [3.63, 3.8) is 0 Å². The van der Waals surface area contributed by atoms with Crippen LogP contribution in [0.4, 0.5) is 23.4 Å². The number of alkyl halides is 3. The normalized spacial score (nSPS) is 16.2. The average Bonchev–Trinajstić information content (AvgIpc) is 3.13. The van der Waals surface area contributed by atoms with Crippen molar-refractivity contribution < 1.29 is 22.4 Å². The molecule has 0 saturated carbocycles. The van der Waals surface area contributed by atoms with E-state index >= 15 is 0 Å².